The van der Waals surface area contributed by atoms with Crippen molar-refractivity contribution in [1.82, 2.24) is 19.7 Å². The van der Waals surface area contributed by atoms with E-state index in [1.54, 1.807) is 10.9 Å². The van der Waals surface area contributed by atoms with Gasteiger partial charge in [-0.3, -0.25) is 14.4 Å². The monoisotopic (exact) mass is 509 g/mol. The summed E-state index contributed by atoms with van der Waals surface area (Å²) in [7, 11) is 1.89. The second-order valence-electron chi connectivity index (χ2n) is 10.8. The number of ether oxygens (including phenoxy) is 1. The van der Waals surface area contributed by atoms with E-state index in [1.165, 1.54) is 0 Å². The Kier molecular flexibility index (Phi) is 6.03. The number of pyridine rings is 1. The number of nitrogens with zero attached hydrogens (tertiary/aromatic N) is 4. The van der Waals surface area contributed by atoms with Gasteiger partial charge in [0.15, 0.2) is 0 Å². The average molecular weight is 510 g/mol. The van der Waals surface area contributed by atoms with Gasteiger partial charge >= 0.3 is 0 Å². The summed E-state index contributed by atoms with van der Waals surface area (Å²) in [5.74, 6) is 1.11. The van der Waals surface area contributed by atoms with E-state index in [-0.39, 0.29) is 23.3 Å². The molecule has 4 heterocycles. The zero-order valence-corrected chi connectivity index (χ0v) is 21.4. The lowest BCUT2D eigenvalue weighted by atomic mass is 9.85. The van der Waals surface area contributed by atoms with Crippen LogP contribution in [0.2, 0.25) is 5.02 Å². The molecule has 0 bridgehead atoms. The number of carbonyl (C=O) groups excluding carboxylic acids is 1. The van der Waals surface area contributed by atoms with Crippen LogP contribution >= 0.6 is 11.6 Å². The maximum atomic E-state index is 12.8. The van der Waals surface area contributed by atoms with Crippen LogP contribution in [-0.4, -0.2) is 68.6 Å². The number of nitrogens with one attached hydrogen (secondary N) is 1. The topological polar surface area (TPSA) is 92.5 Å². The van der Waals surface area contributed by atoms with Crippen LogP contribution in [-0.2, 0) is 16.6 Å². The van der Waals surface area contributed by atoms with Gasteiger partial charge in [-0.2, -0.15) is 5.10 Å². The predicted octanol–water partition coefficient (Wildman–Crippen LogP) is 3.69. The van der Waals surface area contributed by atoms with Gasteiger partial charge < -0.3 is 15.2 Å². The van der Waals surface area contributed by atoms with E-state index >= 15 is 0 Å². The quantitative estimate of drug-likeness (QED) is 0.545. The van der Waals surface area contributed by atoms with Crippen molar-refractivity contribution in [3.63, 3.8) is 0 Å². The molecule has 6 rings (SSSR count). The number of aryl methyl sites for hydroxylation is 1. The van der Waals surface area contributed by atoms with Crippen molar-refractivity contribution in [3.8, 4) is 0 Å². The largest absolute Gasteiger partial charge is 0.389 e. The molecule has 1 aliphatic carbocycles. The first-order valence-corrected chi connectivity index (χ1v) is 13.1. The molecule has 0 radical (unpaired) electrons. The highest BCUT2D eigenvalue weighted by atomic mass is 35.5. The van der Waals surface area contributed by atoms with Crippen molar-refractivity contribution < 1.29 is 14.6 Å². The van der Waals surface area contributed by atoms with Crippen LogP contribution in [0.4, 0.5) is 5.82 Å². The van der Waals surface area contributed by atoms with Crippen LogP contribution in [0.3, 0.4) is 0 Å². The Morgan fingerprint density at radius 2 is 2.03 bits per heavy atom. The van der Waals surface area contributed by atoms with Gasteiger partial charge in [-0.1, -0.05) is 11.6 Å². The van der Waals surface area contributed by atoms with Crippen molar-refractivity contribution in [2.75, 3.05) is 31.6 Å². The lowest BCUT2D eigenvalue weighted by Crippen LogP contribution is -2.56. The molecule has 9 heteroatoms. The molecule has 190 valence electrons. The van der Waals surface area contributed by atoms with Crippen LogP contribution in [0.15, 0.2) is 36.8 Å². The van der Waals surface area contributed by atoms with Gasteiger partial charge in [-0.05, 0) is 85.8 Å². The van der Waals surface area contributed by atoms with Crippen molar-refractivity contribution in [1.29, 1.82) is 0 Å². The zero-order chi connectivity index (χ0) is 25.0. The van der Waals surface area contributed by atoms with E-state index in [4.69, 9.17) is 16.3 Å². The lowest BCUT2D eigenvalue weighted by molar-refractivity contribution is -0.117. The molecule has 2 N–H and O–H groups in total. The number of carbonyl (C=O) groups is 1. The molecule has 8 nitrogen and oxygen atoms in total. The number of fused-ring (bicyclic) bond motifs is 1. The van der Waals surface area contributed by atoms with Crippen molar-refractivity contribution in [2.45, 2.75) is 49.7 Å². The fraction of sp³-hybridized carbons (Fsp3) is 0.519. The molecule has 0 spiro atoms. The van der Waals surface area contributed by atoms with Crippen molar-refractivity contribution in [2.24, 2.45) is 13.0 Å². The highest BCUT2D eigenvalue weighted by Crippen LogP contribution is 2.48. The first-order chi connectivity index (χ1) is 17.3. The van der Waals surface area contributed by atoms with Crippen LogP contribution < -0.4 is 5.32 Å². The summed E-state index contributed by atoms with van der Waals surface area (Å²) in [6, 6.07) is 6.07. The molecule has 2 aliphatic heterocycles. The van der Waals surface area contributed by atoms with Crippen LogP contribution in [0, 0.1) is 5.92 Å². The fourth-order valence-corrected chi connectivity index (χ4v) is 6.25. The number of hydrogen-bond donors (Lipinski definition) is 2. The van der Waals surface area contributed by atoms with E-state index in [0.717, 1.165) is 59.3 Å². The van der Waals surface area contributed by atoms with Crippen LogP contribution in [0.5, 0.6) is 0 Å². The average Bonchev–Trinajstić information content (AvgIpc) is 3.44. The standard InChI is InChI=1S/C27H32ClN5O3/c1-27(15-36-14-24(27)34)33-5-3-16(4-6-33)21-7-17-9-25(29-11-18(17)8-23(21)28)31-26(35)22-10-20(22)19-12-30-32(2)13-19/h7-9,11-13,16,20,22,24,34H,3-6,10,14-15H2,1-2H3,(H,29,31,35)/t20-,22+,24-,27+/m1/s1. The summed E-state index contributed by atoms with van der Waals surface area (Å²) < 4.78 is 7.31. The Bertz CT molecular complexity index is 1300. The smallest absolute Gasteiger partial charge is 0.229 e. The highest BCUT2D eigenvalue weighted by Gasteiger charge is 2.45. The molecule has 1 aromatic carbocycles. The minimum Gasteiger partial charge on any atom is -0.389 e. The van der Waals surface area contributed by atoms with Gasteiger partial charge in [0.25, 0.3) is 0 Å². The Labute approximate surface area is 215 Å². The zero-order valence-electron chi connectivity index (χ0n) is 20.7. The molecule has 3 aliphatic rings. The number of rotatable bonds is 5. The maximum Gasteiger partial charge on any atom is 0.229 e. The SMILES string of the molecule is Cn1cc([C@H]2C[C@@H]2C(=O)Nc2cc3cc(C4CCN([C@@]5(C)COC[C@H]5O)CC4)c(Cl)cc3cn2)cn1. The summed E-state index contributed by atoms with van der Waals surface area (Å²) in [5.41, 5.74) is 1.94. The predicted molar refractivity (Wildman–Crippen MR) is 138 cm³/mol. The molecule has 2 saturated heterocycles. The van der Waals surface area contributed by atoms with E-state index < -0.39 is 6.10 Å². The molecule has 36 heavy (non-hydrogen) atoms. The van der Waals surface area contributed by atoms with E-state index in [9.17, 15) is 9.90 Å². The van der Waals surface area contributed by atoms with Crippen LogP contribution in [0.25, 0.3) is 10.8 Å². The third-order valence-corrected chi connectivity index (χ3v) is 8.74. The molecular formula is C27H32ClN5O3. The Morgan fingerprint density at radius 1 is 1.22 bits per heavy atom. The molecular weight excluding hydrogens is 478 g/mol. The number of benzene rings is 1. The summed E-state index contributed by atoms with van der Waals surface area (Å²) in [6.07, 6.45) is 7.93. The summed E-state index contributed by atoms with van der Waals surface area (Å²) in [5, 5.41) is 20.4. The normalized spacial score (nSPS) is 29.1. The Balaban J connectivity index is 1.15. The molecule has 3 aromatic rings. The Hall–Kier alpha value is -2.52. The number of likely N-dealkylation sites (tertiary alicyclic amines) is 1. The first kappa shape index (κ1) is 23.9. The van der Waals surface area contributed by atoms with Gasteiger partial charge in [0.2, 0.25) is 5.91 Å². The minimum absolute atomic E-state index is 0.00355. The lowest BCUT2D eigenvalue weighted by Gasteiger charge is -2.43. The van der Waals surface area contributed by atoms with E-state index in [0.29, 0.717) is 24.9 Å². The third-order valence-electron chi connectivity index (χ3n) is 8.41. The first-order valence-electron chi connectivity index (χ1n) is 12.7. The van der Waals surface area contributed by atoms with Gasteiger partial charge in [-0.15, -0.1) is 0 Å². The number of aliphatic hydroxyl groups is 1. The van der Waals surface area contributed by atoms with E-state index in [1.807, 2.05) is 31.6 Å². The molecule has 1 saturated carbocycles. The van der Waals surface area contributed by atoms with Gasteiger partial charge in [0, 0.05) is 35.8 Å². The number of aromatic nitrogens is 3. The fourth-order valence-electron chi connectivity index (χ4n) is 5.92. The second kappa shape index (κ2) is 9.10. The molecule has 3 fully saturated rings. The molecule has 0 unspecified atom stereocenters. The number of halogens is 1. The number of hydrogen-bond acceptors (Lipinski definition) is 6. The summed E-state index contributed by atoms with van der Waals surface area (Å²) in [4.78, 5) is 19.7. The molecule has 1 amide bonds. The summed E-state index contributed by atoms with van der Waals surface area (Å²) in [6.45, 7) is 4.86. The molecule has 2 aromatic heterocycles. The highest BCUT2D eigenvalue weighted by molar-refractivity contribution is 6.32. The maximum absolute atomic E-state index is 12.8. The van der Waals surface area contributed by atoms with Gasteiger partial charge in [0.1, 0.15) is 5.82 Å². The number of anilines is 1. The Morgan fingerprint density at radius 3 is 2.72 bits per heavy atom. The van der Waals surface area contributed by atoms with Crippen molar-refractivity contribution >= 4 is 34.1 Å². The second-order valence-corrected chi connectivity index (χ2v) is 11.2. The third kappa shape index (κ3) is 4.30. The van der Waals surface area contributed by atoms with Crippen LogP contribution in [0.1, 0.15) is 49.1 Å². The number of aliphatic hydroxyl groups excluding tert-OH is 1. The minimum atomic E-state index is -0.449. The van der Waals surface area contributed by atoms with Crippen molar-refractivity contribution in [3.05, 3.63) is 52.9 Å². The van der Waals surface area contributed by atoms with Gasteiger partial charge in [0.05, 0.1) is 31.1 Å². The van der Waals surface area contributed by atoms with E-state index in [2.05, 4.69) is 33.3 Å². The van der Waals surface area contributed by atoms with Gasteiger partial charge in [-0.25, -0.2) is 4.98 Å². The number of piperidine rings is 1. The number of amides is 1. The summed E-state index contributed by atoms with van der Waals surface area (Å²) >= 11 is 6.72. The molecule has 4 atom stereocenters.